The number of rotatable bonds is 5. The van der Waals surface area contributed by atoms with Gasteiger partial charge in [-0.15, -0.1) is 0 Å². The van der Waals surface area contributed by atoms with E-state index in [4.69, 9.17) is 0 Å². The first-order valence-corrected chi connectivity index (χ1v) is 8.62. The minimum absolute atomic E-state index is 0.561. The van der Waals surface area contributed by atoms with Crippen molar-refractivity contribution >= 4 is 17.3 Å². The van der Waals surface area contributed by atoms with Crippen molar-refractivity contribution in [2.75, 3.05) is 16.8 Å². The SMILES string of the molecule is CCN(c1cccc(C)c1)c1cc(NC2CCCC2)nc(C)n1. The second-order valence-electron chi connectivity index (χ2n) is 6.37. The summed E-state index contributed by atoms with van der Waals surface area (Å²) in [5, 5.41) is 3.59. The Hall–Kier alpha value is -2.10. The summed E-state index contributed by atoms with van der Waals surface area (Å²) in [5.41, 5.74) is 2.44. The fraction of sp³-hybridized carbons (Fsp3) is 0.474. The van der Waals surface area contributed by atoms with Gasteiger partial charge in [0, 0.05) is 24.3 Å². The van der Waals surface area contributed by atoms with Crippen LogP contribution < -0.4 is 10.2 Å². The summed E-state index contributed by atoms with van der Waals surface area (Å²) in [7, 11) is 0. The molecule has 0 bridgehead atoms. The first-order valence-electron chi connectivity index (χ1n) is 8.62. The first kappa shape index (κ1) is 15.8. The molecule has 0 saturated heterocycles. The summed E-state index contributed by atoms with van der Waals surface area (Å²) in [6.45, 7) is 7.12. The third kappa shape index (κ3) is 3.81. The van der Waals surface area contributed by atoms with Crippen LogP contribution in [-0.2, 0) is 0 Å². The van der Waals surface area contributed by atoms with Gasteiger partial charge in [0.15, 0.2) is 0 Å². The van der Waals surface area contributed by atoms with Crippen LogP contribution in [0.2, 0.25) is 0 Å². The lowest BCUT2D eigenvalue weighted by molar-refractivity contribution is 0.748. The molecular formula is C19H26N4. The summed E-state index contributed by atoms with van der Waals surface area (Å²) in [6.07, 6.45) is 5.12. The number of nitrogens with zero attached hydrogens (tertiary/aromatic N) is 3. The van der Waals surface area contributed by atoms with Gasteiger partial charge < -0.3 is 10.2 Å². The van der Waals surface area contributed by atoms with E-state index in [-0.39, 0.29) is 0 Å². The molecule has 1 heterocycles. The average molecular weight is 310 g/mol. The van der Waals surface area contributed by atoms with Crippen molar-refractivity contribution in [3.05, 3.63) is 41.7 Å². The number of hydrogen-bond acceptors (Lipinski definition) is 4. The predicted octanol–water partition coefficient (Wildman–Crippen LogP) is 4.61. The lowest BCUT2D eigenvalue weighted by atomic mass is 10.2. The smallest absolute Gasteiger partial charge is 0.138 e. The van der Waals surface area contributed by atoms with Gasteiger partial charge in [-0.05, 0) is 51.3 Å². The highest BCUT2D eigenvalue weighted by Crippen LogP contribution is 2.27. The van der Waals surface area contributed by atoms with E-state index in [2.05, 4.69) is 64.4 Å². The molecule has 1 aliphatic carbocycles. The maximum absolute atomic E-state index is 4.66. The van der Waals surface area contributed by atoms with Gasteiger partial charge in [-0.2, -0.15) is 0 Å². The molecule has 2 aromatic rings. The van der Waals surface area contributed by atoms with Crippen LogP contribution in [0.5, 0.6) is 0 Å². The zero-order valence-electron chi connectivity index (χ0n) is 14.3. The van der Waals surface area contributed by atoms with Gasteiger partial charge in [-0.3, -0.25) is 0 Å². The maximum atomic E-state index is 4.66. The fourth-order valence-corrected chi connectivity index (χ4v) is 3.32. The highest BCUT2D eigenvalue weighted by atomic mass is 15.2. The topological polar surface area (TPSA) is 41.0 Å². The molecule has 23 heavy (non-hydrogen) atoms. The largest absolute Gasteiger partial charge is 0.367 e. The normalized spacial score (nSPS) is 14.9. The van der Waals surface area contributed by atoms with Gasteiger partial charge in [-0.1, -0.05) is 25.0 Å². The van der Waals surface area contributed by atoms with Crippen molar-refractivity contribution in [3.8, 4) is 0 Å². The van der Waals surface area contributed by atoms with E-state index in [1.165, 1.54) is 36.9 Å². The molecular weight excluding hydrogens is 284 g/mol. The number of hydrogen-bond donors (Lipinski definition) is 1. The van der Waals surface area contributed by atoms with E-state index in [0.717, 1.165) is 24.0 Å². The molecule has 0 atom stereocenters. The van der Waals surface area contributed by atoms with Gasteiger partial charge in [0.2, 0.25) is 0 Å². The van der Waals surface area contributed by atoms with Gasteiger partial charge in [-0.25, -0.2) is 9.97 Å². The Bertz CT molecular complexity index is 662. The Morgan fingerprint density at radius 3 is 2.61 bits per heavy atom. The van der Waals surface area contributed by atoms with Gasteiger partial charge in [0.25, 0.3) is 0 Å². The molecule has 0 radical (unpaired) electrons. The second kappa shape index (κ2) is 6.99. The van der Waals surface area contributed by atoms with Crippen molar-refractivity contribution in [1.29, 1.82) is 0 Å². The Labute approximate surface area is 139 Å². The molecule has 1 aromatic carbocycles. The van der Waals surface area contributed by atoms with Crippen molar-refractivity contribution in [2.24, 2.45) is 0 Å². The van der Waals surface area contributed by atoms with Crippen LogP contribution in [0.4, 0.5) is 17.3 Å². The van der Waals surface area contributed by atoms with E-state index < -0.39 is 0 Å². The fourth-order valence-electron chi connectivity index (χ4n) is 3.32. The summed E-state index contributed by atoms with van der Waals surface area (Å²) in [5.74, 6) is 2.73. The van der Waals surface area contributed by atoms with Gasteiger partial charge in [0.1, 0.15) is 17.5 Å². The monoisotopic (exact) mass is 310 g/mol. The molecule has 0 aliphatic heterocycles. The quantitative estimate of drug-likeness (QED) is 0.876. The molecule has 0 spiro atoms. The van der Waals surface area contributed by atoms with Crippen LogP contribution in [0.25, 0.3) is 0 Å². The van der Waals surface area contributed by atoms with Crippen LogP contribution >= 0.6 is 0 Å². The summed E-state index contributed by atoms with van der Waals surface area (Å²) in [6, 6.07) is 11.2. The molecule has 1 N–H and O–H groups in total. The Morgan fingerprint density at radius 1 is 1.13 bits per heavy atom. The third-order valence-electron chi connectivity index (χ3n) is 4.44. The van der Waals surface area contributed by atoms with Gasteiger partial charge in [0.05, 0.1) is 0 Å². The number of nitrogens with one attached hydrogen (secondary N) is 1. The predicted molar refractivity (Wildman–Crippen MR) is 96.5 cm³/mol. The zero-order valence-corrected chi connectivity index (χ0v) is 14.3. The molecule has 1 aliphatic rings. The molecule has 0 amide bonds. The molecule has 1 fully saturated rings. The van der Waals surface area contributed by atoms with Crippen molar-refractivity contribution in [1.82, 2.24) is 9.97 Å². The molecule has 4 nitrogen and oxygen atoms in total. The highest BCUT2D eigenvalue weighted by molar-refractivity contribution is 5.63. The zero-order chi connectivity index (χ0) is 16.2. The first-order chi connectivity index (χ1) is 11.2. The summed E-state index contributed by atoms with van der Waals surface area (Å²) >= 11 is 0. The minimum atomic E-state index is 0.561. The number of aromatic nitrogens is 2. The van der Waals surface area contributed by atoms with E-state index in [1.54, 1.807) is 0 Å². The Balaban J connectivity index is 1.89. The van der Waals surface area contributed by atoms with Crippen molar-refractivity contribution in [3.63, 3.8) is 0 Å². The van der Waals surface area contributed by atoms with Crippen LogP contribution in [0.3, 0.4) is 0 Å². The summed E-state index contributed by atoms with van der Waals surface area (Å²) in [4.78, 5) is 11.5. The molecule has 1 aromatic heterocycles. The molecule has 4 heteroatoms. The standard InChI is InChI=1S/C19H26N4/c1-4-23(17-11-7-8-14(2)12-17)19-13-18(20-15(3)21-19)22-16-9-5-6-10-16/h7-8,11-13,16H,4-6,9-10H2,1-3H3,(H,20,21,22). The molecule has 3 rings (SSSR count). The van der Waals surface area contributed by atoms with Crippen LogP contribution in [-0.4, -0.2) is 22.6 Å². The highest BCUT2D eigenvalue weighted by Gasteiger charge is 2.17. The lowest BCUT2D eigenvalue weighted by Gasteiger charge is -2.24. The van der Waals surface area contributed by atoms with Crippen LogP contribution in [0, 0.1) is 13.8 Å². The van der Waals surface area contributed by atoms with E-state index in [0.29, 0.717) is 6.04 Å². The number of anilines is 3. The average Bonchev–Trinajstić information content (AvgIpc) is 3.00. The lowest BCUT2D eigenvalue weighted by Crippen LogP contribution is -2.20. The van der Waals surface area contributed by atoms with Crippen molar-refractivity contribution < 1.29 is 0 Å². The Kier molecular flexibility index (Phi) is 4.79. The van der Waals surface area contributed by atoms with Crippen molar-refractivity contribution in [2.45, 2.75) is 52.5 Å². The number of aryl methyl sites for hydroxylation is 2. The van der Waals surface area contributed by atoms with Gasteiger partial charge >= 0.3 is 0 Å². The Morgan fingerprint density at radius 2 is 1.91 bits per heavy atom. The summed E-state index contributed by atoms with van der Waals surface area (Å²) < 4.78 is 0. The van der Waals surface area contributed by atoms with Crippen LogP contribution in [0.15, 0.2) is 30.3 Å². The van der Waals surface area contributed by atoms with E-state index >= 15 is 0 Å². The molecule has 1 saturated carbocycles. The number of benzene rings is 1. The third-order valence-corrected chi connectivity index (χ3v) is 4.44. The second-order valence-corrected chi connectivity index (χ2v) is 6.37. The van der Waals surface area contributed by atoms with E-state index in [1.807, 2.05) is 6.92 Å². The maximum Gasteiger partial charge on any atom is 0.138 e. The van der Waals surface area contributed by atoms with E-state index in [9.17, 15) is 0 Å². The minimum Gasteiger partial charge on any atom is -0.367 e. The molecule has 122 valence electrons. The molecule has 0 unspecified atom stereocenters. The van der Waals surface area contributed by atoms with Crippen LogP contribution in [0.1, 0.15) is 44.0 Å².